The third-order valence-corrected chi connectivity index (χ3v) is 4.51. The number of carbonyl (C=O) groups excluding carboxylic acids is 2. The van der Waals surface area contributed by atoms with Crippen LogP contribution in [0.15, 0.2) is 18.2 Å². The summed E-state index contributed by atoms with van der Waals surface area (Å²) in [5.74, 6) is 0.239. The maximum Gasteiger partial charge on any atom is 0.250 e. The molecule has 1 N–H and O–H groups in total. The third-order valence-electron chi connectivity index (χ3n) is 4.51. The zero-order valence-corrected chi connectivity index (χ0v) is 12.9. The maximum absolute atomic E-state index is 12.7. The van der Waals surface area contributed by atoms with Crippen LogP contribution in [0.3, 0.4) is 0 Å². The Morgan fingerprint density at radius 1 is 1.32 bits per heavy atom. The van der Waals surface area contributed by atoms with Crippen molar-refractivity contribution in [1.29, 1.82) is 0 Å². The van der Waals surface area contributed by atoms with Crippen LogP contribution in [0.1, 0.15) is 31.2 Å². The minimum absolute atomic E-state index is 0.0296. The van der Waals surface area contributed by atoms with E-state index in [1.54, 1.807) is 0 Å². The number of nitrogens with zero attached hydrogens (tertiary/aromatic N) is 1. The molecule has 5 nitrogen and oxygen atoms in total. The molecule has 1 saturated carbocycles. The number of hydrogen-bond donors (Lipinski definition) is 1. The standard InChI is InChI=1S/C17H22N2O3/c1-22-11-16(20)18-14-7-6-12-8-9-19(15(12)10-14)17(21)13-4-2-3-5-13/h6-7,10,13H,2-5,8-9,11H2,1H3,(H,18,20). The molecule has 1 aromatic carbocycles. The molecular formula is C17H22N2O3. The average Bonchev–Trinajstić information content (AvgIpc) is 3.16. The molecule has 1 aliphatic carbocycles. The fourth-order valence-corrected chi connectivity index (χ4v) is 3.41. The van der Waals surface area contributed by atoms with Crippen molar-refractivity contribution in [3.8, 4) is 0 Å². The molecule has 1 fully saturated rings. The summed E-state index contributed by atoms with van der Waals surface area (Å²) in [4.78, 5) is 26.2. The first-order valence-corrected chi connectivity index (χ1v) is 7.92. The lowest BCUT2D eigenvalue weighted by molar-refractivity contribution is -0.122. The molecule has 5 heteroatoms. The van der Waals surface area contributed by atoms with E-state index in [1.807, 2.05) is 23.1 Å². The van der Waals surface area contributed by atoms with Crippen LogP contribution in [0.25, 0.3) is 0 Å². The van der Waals surface area contributed by atoms with Crippen LogP contribution >= 0.6 is 0 Å². The average molecular weight is 302 g/mol. The Morgan fingerprint density at radius 3 is 2.82 bits per heavy atom. The van der Waals surface area contributed by atoms with Gasteiger partial charge in [0.1, 0.15) is 6.61 Å². The van der Waals surface area contributed by atoms with E-state index >= 15 is 0 Å². The Morgan fingerprint density at radius 2 is 2.09 bits per heavy atom. The normalized spacial score (nSPS) is 17.6. The summed E-state index contributed by atoms with van der Waals surface area (Å²) in [6.07, 6.45) is 5.22. The molecular weight excluding hydrogens is 280 g/mol. The first-order chi connectivity index (χ1) is 10.7. The van der Waals surface area contributed by atoms with Crippen molar-refractivity contribution >= 4 is 23.2 Å². The highest BCUT2D eigenvalue weighted by Crippen LogP contribution is 2.35. The largest absolute Gasteiger partial charge is 0.375 e. The number of ether oxygens (including phenoxy) is 1. The van der Waals surface area contributed by atoms with Crippen molar-refractivity contribution < 1.29 is 14.3 Å². The molecule has 118 valence electrons. The second-order valence-corrected chi connectivity index (χ2v) is 6.05. The van der Waals surface area contributed by atoms with Gasteiger partial charge in [-0.15, -0.1) is 0 Å². The van der Waals surface area contributed by atoms with Crippen molar-refractivity contribution in [1.82, 2.24) is 0 Å². The predicted octanol–water partition coefficient (Wildman–Crippen LogP) is 2.35. The lowest BCUT2D eigenvalue weighted by Gasteiger charge is -2.21. The number of fused-ring (bicyclic) bond motifs is 1. The van der Waals surface area contributed by atoms with Crippen LogP contribution in [0.2, 0.25) is 0 Å². The van der Waals surface area contributed by atoms with E-state index in [-0.39, 0.29) is 24.3 Å². The van der Waals surface area contributed by atoms with E-state index in [0.717, 1.165) is 44.3 Å². The van der Waals surface area contributed by atoms with Gasteiger partial charge in [0.15, 0.2) is 0 Å². The fourth-order valence-electron chi connectivity index (χ4n) is 3.41. The van der Waals surface area contributed by atoms with Crippen LogP contribution in [0.4, 0.5) is 11.4 Å². The molecule has 0 bridgehead atoms. The van der Waals surface area contributed by atoms with Crippen LogP contribution in [0.5, 0.6) is 0 Å². The number of nitrogens with one attached hydrogen (secondary N) is 1. The Balaban J connectivity index is 1.76. The van der Waals surface area contributed by atoms with Crippen molar-refractivity contribution in [2.45, 2.75) is 32.1 Å². The summed E-state index contributed by atoms with van der Waals surface area (Å²) >= 11 is 0. The molecule has 3 rings (SSSR count). The first kappa shape index (κ1) is 15.0. The van der Waals surface area contributed by atoms with E-state index in [1.165, 1.54) is 12.7 Å². The number of amides is 2. The molecule has 1 aromatic rings. The third kappa shape index (κ3) is 2.99. The SMILES string of the molecule is COCC(=O)Nc1ccc2c(c1)N(C(=O)C1CCCC1)CC2. The van der Waals surface area contributed by atoms with Gasteiger partial charge in [0.25, 0.3) is 0 Å². The highest BCUT2D eigenvalue weighted by atomic mass is 16.5. The summed E-state index contributed by atoms with van der Waals surface area (Å²) < 4.78 is 4.82. The summed E-state index contributed by atoms with van der Waals surface area (Å²) in [6.45, 7) is 0.780. The summed E-state index contributed by atoms with van der Waals surface area (Å²) in [5.41, 5.74) is 2.84. The molecule has 0 spiro atoms. The minimum Gasteiger partial charge on any atom is -0.375 e. The lowest BCUT2D eigenvalue weighted by atomic mass is 10.1. The second kappa shape index (κ2) is 6.48. The lowest BCUT2D eigenvalue weighted by Crippen LogP contribution is -2.33. The van der Waals surface area contributed by atoms with Gasteiger partial charge in [0.2, 0.25) is 11.8 Å². The predicted molar refractivity (Wildman–Crippen MR) is 85.0 cm³/mol. The van der Waals surface area contributed by atoms with Crippen molar-refractivity contribution in [3.63, 3.8) is 0 Å². The van der Waals surface area contributed by atoms with Crippen LogP contribution < -0.4 is 10.2 Å². The first-order valence-electron chi connectivity index (χ1n) is 7.92. The smallest absolute Gasteiger partial charge is 0.250 e. The van der Waals surface area contributed by atoms with Gasteiger partial charge in [-0.3, -0.25) is 9.59 Å². The molecule has 2 amide bonds. The number of methoxy groups -OCH3 is 1. The molecule has 0 radical (unpaired) electrons. The fraction of sp³-hybridized carbons (Fsp3) is 0.529. The van der Waals surface area contributed by atoms with Crippen molar-refractivity contribution in [2.24, 2.45) is 5.92 Å². The number of carbonyl (C=O) groups is 2. The van der Waals surface area contributed by atoms with Crippen molar-refractivity contribution in [2.75, 3.05) is 30.5 Å². The molecule has 1 heterocycles. The van der Waals surface area contributed by atoms with E-state index in [2.05, 4.69) is 5.32 Å². The number of hydrogen-bond acceptors (Lipinski definition) is 3. The quantitative estimate of drug-likeness (QED) is 0.929. The van der Waals surface area contributed by atoms with Gasteiger partial charge in [-0.2, -0.15) is 0 Å². The summed E-state index contributed by atoms with van der Waals surface area (Å²) in [7, 11) is 1.49. The van der Waals surface area contributed by atoms with E-state index in [0.29, 0.717) is 5.69 Å². The molecule has 0 saturated heterocycles. The molecule has 1 aliphatic heterocycles. The molecule has 2 aliphatic rings. The highest BCUT2D eigenvalue weighted by Gasteiger charge is 2.31. The van der Waals surface area contributed by atoms with E-state index in [4.69, 9.17) is 4.74 Å². The Bertz CT molecular complexity index is 579. The Labute approximate surface area is 130 Å². The second-order valence-electron chi connectivity index (χ2n) is 6.05. The number of anilines is 2. The molecule has 0 atom stereocenters. The Hall–Kier alpha value is -1.88. The number of rotatable bonds is 4. The minimum atomic E-state index is -0.186. The maximum atomic E-state index is 12.7. The van der Waals surface area contributed by atoms with E-state index in [9.17, 15) is 9.59 Å². The van der Waals surface area contributed by atoms with Crippen LogP contribution in [-0.2, 0) is 20.7 Å². The molecule has 22 heavy (non-hydrogen) atoms. The number of benzene rings is 1. The molecule has 0 unspecified atom stereocenters. The van der Waals surface area contributed by atoms with Crippen LogP contribution in [0, 0.1) is 5.92 Å². The molecule has 0 aromatic heterocycles. The van der Waals surface area contributed by atoms with E-state index < -0.39 is 0 Å². The van der Waals surface area contributed by atoms with Gasteiger partial charge in [0, 0.05) is 30.9 Å². The van der Waals surface area contributed by atoms with Gasteiger partial charge in [0.05, 0.1) is 0 Å². The van der Waals surface area contributed by atoms with Gasteiger partial charge < -0.3 is 15.0 Å². The summed E-state index contributed by atoms with van der Waals surface area (Å²) in [6, 6.07) is 5.79. The topological polar surface area (TPSA) is 58.6 Å². The summed E-state index contributed by atoms with van der Waals surface area (Å²) in [5, 5.41) is 2.80. The zero-order chi connectivity index (χ0) is 15.5. The van der Waals surface area contributed by atoms with Gasteiger partial charge in [-0.05, 0) is 37.0 Å². The Kier molecular flexibility index (Phi) is 4.43. The van der Waals surface area contributed by atoms with Gasteiger partial charge >= 0.3 is 0 Å². The highest BCUT2D eigenvalue weighted by molar-refractivity contribution is 5.99. The van der Waals surface area contributed by atoms with Crippen LogP contribution in [-0.4, -0.2) is 32.1 Å². The zero-order valence-electron chi connectivity index (χ0n) is 12.9. The van der Waals surface area contributed by atoms with Crippen molar-refractivity contribution in [3.05, 3.63) is 23.8 Å². The van der Waals surface area contributed by atoms with Gasteiger partial charge in [-0.25, -0.2) is 0 Å². The van der Waals surface area contributed by atoms with Gasteiger partial charge in [-0.1, -0.05) is 18.9 Å². The monoisotopic (exact) mass is 302 g/mol.